The van der Waals surface area contributed by atoms with Gasteiger partial charge in [0.25, 0.3) is 0 Å². The maximum atomic E-state index is 14.0. The van der Waals surface area contributed by atoms with Crippen LogP contribution in [0.2, 0.25) is 5.02 Å². The Bertz CT molecular complexity index is 1470. The zero-order chi connectivity index (χ0) is 28.1. The molecule has 0 fully saturated rings. The first kappa shape index (κ1) is 27.0. The van der Waals surface area contributed by atoms with Crippen LogP contribution in [-0.4, -0.2) is 17.9 Å². The lowest BCUT2D eigenvalue weighted by Crippen LogP contribution is -2.45. The number of para-hydroxylation sites is 2. The van der Waals surface area contributed by atoms with Gasteiger partial charge in [-0.3, -0.25) is 14.5 Å². The molecule has 0 radical (unpaired) electrons. The van der Waals surface area contributed by atoms with Gasteiger partial charge < -0.3 is 5.32 Å². The number of hydrogen-bond acceptors (Lipinski definition) is 3. The molecule has 1 aliphatic carbocycles. The number of nitrogens with zero attached hydrogens (tertiary/aromatic N) is 1. The second-order valence-electron chi connectivity index (χ2n) is 11.0. The van der Waals surface area contributed by atoms with E-state index in [4.69, 9.17) is 11.6 Å². The minimum absolute atomic E-state index is 0.0259. The number of amides is 1. The Morgan fingerprint density at radius 1 is 0.923 bits per heavy atom. The van der Waals surface area contributed by atoms with E-state index >= 15 is 0 Å². The molecule has 1 aliphatic heterocycles. The van der Waals surface area contributed by atoms with Crippen molar-refractivity contribution in [3.05, 3.63) is 106 Å². The van der Waals surface area contributed by atoms with Crippen molar-refractivity contribution >= 4 is 34.7 Å². The Labute approximate surface area is 230 Å². The smallest absolute Gasteiger partial charge is 0.357 e. The van der Waals surface area contributed by atoms with Crippen molar-refractivity contribution in [2.24, 2.45) is 0 Å². The molecule has 202 valence electrons. The average molecular weight is 553 g/mol. The Morgan fingerprint density at radius 3 is 2.21 bits per heavy atom. The predicted molar refractivity (Wildman–Crippen MR) is 147 cm³/mol. The van der Waals surface area contributed by atoms with E-state index in [9.17, 15) is 22.8 Å². The number of alkyl halides is 3. The number of halogens is 4. The van der Waals surface area contributed by atoms with E-state index in [1.165, 1.54) is 6.07 Å². The number of rotatable bonds is 2. The third-order valence-corrected chi connectivity index (χ3v) is 7.74. The van der Waals surface area contributed by atoms with Gasteiger partial charge in [-0.05, 0) is 52.6 Å². The summed E-state index contributed by atoms with van der Waals surface area (Å²) in [4.78, 5) is 27.6. The van der Waals surface area contributed by atoms with Gasteiger partial charge in [-0.15, -0.1) is 0 Å². The van der Waals surface area contributed by atoms with Gasteiger partial charge >= 0.3 is 12.1 Å². The zero-order valence-electron chi connectivity index (χ0n) is 21.8. The number of allylic oxidation sites excluding steroid dienone is 1. The van der Waals surface area contributed by atoms with Crippen LogP contribution in [0.15, 0.2) is 84.1 Å². The van der Waals surface area contributed by atoms with Gasteiger partial charge in [-0.2, -0.15) is 13.2 Å². The van der Waals surface area contributed by atoms with Crippen LogP contribution in [0.5, 0.6) is 0 Å². The van der Waals surface area contributed by atoms with Gasteiger partial charge in [0.15, 0.2) is 5.78 Å². The van der Waals surface area contributed by atoms with E-state index < -0.39 is 18.1 Å². The lowest BCUT2D eigenvalue weighted by molar-refractivity contribution is -0.170. The molecule has 0 saturated heterocycles. The molecule has 0 unspecified atom stereocenters. The third-order valence-electron chi connectivity index (χ3n) is 7.40. The predicted octanol–water partition coefficient (Wildman–Crippen LogP) is 8.10. The molecule has 8 heteroatoms. The highest BCUT2D eigenvalue weighted by atomic mass is 35.5. The maximum Gasteiger partial charge on any atom is 0.471 e. The first-order chi connectivity index (χ1) is 18.4. The topological polar surface area (TPSA) is 49.4 Å². The van der Waals surface area contributed by atoms with Gasteiger partial charge in [0.1, 0.15) is 0 Å². The number of carbonyl (C=O) groups excluding carboxylic acids is 2. The largest absolute Gasteiger partial charge is 0.471 e. The van der Waals surface area contributed by atoms with E-state index in [0.717, 1.165) is 11.1 Å². The molecule has 3 aromatic carbocycles. The van der Waals surface area contributed by atoms with Gasteiger partial charge in [0.2, 0.25) is 0 Å². The summed E-state index contributed by atoms with van der Waals surface area (Å²) in [6, 6.07) is 19.5. The number of nitrogens with one attached hydrogen (secondary N) is 1. The Kier molecular flexibility index (Phi) is 6.83. The number of carbonyl (C=O) groups is 2. The second kappa shape index (κ2) is 9.87. The molecule has 1 amide bonds. The average Bonchev–Trinajstić information content (AvgIpc) is 3.02. The molecule has 2 aliphatic rings. The van der Waals surface area contributed by atoms with Crippen molar-refractivity contribution in [1.29, 1.82) is 0 Å². The molecule has 0 bridgehead atoms. The van der Waals surface area contributed by atoms with E-state index in [0.29, 0.717) is 22.7 Å². The van der Waals surface area contributed by atoms with Crippen LogP contribution in [0, 0.1) is 0 Å². The molecule has 1 heterocycles. The molecule has 0 aromatic heterocycles. The first-order valence-electron chi connectivity index (χ1n) is 12.7. The van der Waals surface area contributed by atoms with E-state index in [1.807, 2.05) is 12.1 Å². The normalized spacial score (nSPS) is 19.7. The van der Waals surface area contributed by atoms with Crippen LogP contribution in [0.4, 0.5) is 24.5 Å². The summed E-state index contributed by atoms with van der Waals surface area (Å²) < 4.78 is 42.1. The van der Waals surface area contributed by atoms with Crippen LogP contribution < -0.4 is 10.2 Å². The van der Waals surface area contributed by atoms with Gasteiger partial charge in [0.05, 0.1) is 17.4 Å². The van der Waals surface area contributed by atoms with Crippen LogP contribution in [0.3, 0.4) is 0 Å². The first-order valence-corrected chi connectivity index (χ1v) is 13.1. The Morgan fingerprint density at radius 2 is 1.56 bits per heavy atom. The van der Waals surface area contributed by atoms with Crippen molar-refractivity contribution in [2.45, 2.75) is 57.2 Å². The molecule has 3 aromatic rings. The van der Waals surface area contributed by atoms with Gasteiger partial charge in [0, 0.05) is 22.7 Å². The SMILES string of the molecule is CC(C)(C)c1ccc([C@@H]2CC(=O)C3=C(C2)Nc2ccccc2N(C(=O)C(F)(F)F)[C@H]3c2ccccc2Cl)cc1. The minimum Gasteiger partial charge on any atom is -0.357 e. The monoisotopic (exact) mass is 552 g/mol. The molecule has 0 spiro atoms. The molecule has 5 rings (SSSR count). The summed E-state index contributed by atoms with van der Waals surface area (Å²) in [6.45, 7) is 6.37. The van der Waals surface area contributed by atoms with E-state index in [-0.39, 0.29) is 45.4 Å². The van der Waals surface area contributed by atoms with Gasteiger partial charge in [-0.1, -0.05) is 87.0 Å². The van der Waals surface area contributed by atoms with Crippen molar-refractivity contribution in [3.63, 3.8) is 0 Å². The summed E-state index contributed by atoms with van der Waals surface area (Å²) >= 11 is 6.50. The fourth-order valence-corrected chi connectivity index (χ4v) is 5.67. The minimum atomic E-state index is -5.17. The second-order valence-corrected chi connectivity index (χ2v) is 11.4. The van der Waals surface area contributed by atoms with Crippen molar-refractivity contribution in [3.8, 4) is 0 Å². The quantitative estimate of drug-likeness (QED) is 0.349. The fourth-order valence-electron chi connectivity index (χ4n) is 5.43. The summed E-state index contributed by atoms with van der Waals surface area (Å²) in [5.41, 5.74) is 3.32. The third kappa shape index (κ3) is 5.08. The summed E-state index contributed by atoms with van der Waals surface area (Å²) in [5, 5.41) is 3.41. The number of fused-ring (bicyclic) bond motifs is 1. The summed E-state index contributed by atoms with van der Waals surface area (Å²) in [5.74, 6) is -2.57. The molecule has 4 nitrogen and oxygen atoms in total. The molecule has 39 heavy (non-hydrogen) atoms. The number of hydrogen-bond donors (Lipinski definition) is 1. The maximum absolute atomic E-state index is 14.0. The zero-order valence-corrected chi connectivity index (χ0v) is 22.5. The fraction of sp³-hybridized carbons (Fsp3) is 0.290. The van der Waals surface area contributed by atoms with Gasteiger partial charge in [-0.25, -0.2) is 0 Å². The molecule has 1 N–H and O–H groups in total. The molecule has 2 atom stereocenters. The highest BCUT2D eigenvalue weighted by molar-refractivity contribution is 6.31. The number of Topliss-reactive ketones (excluding diaryl/α,β-unsaturated/α-hetero) is 1. The van der Waals surface area contributed by atoms with E-state index in [1.54, 1.807) is 42.5 Å². The van der Waals surface area contributed by atoms with Crippen LogP contribution >= 0.6 is 11.6 Å². The van der Waals surface area contributed by atoms with Crippen molar-refractivity contribution in [1.82, 2.24) is 0 Å². The van der Waals surface area contributed by atoms with E-state index in [2.05, 4.69) is 38.2 Å². The lowest BCUT2D eigenvalue weighted by Gasteiger charge is -2.35. The van der Waals surface area contributed by atoms with Crippen LogP contribution in [0.1, 0.15) is 62.3 Å². The van der Waals surface area contributed by atoms with Crippen molar-refractivity contribution in [2.75, 3.05) is 10.2 Å². The highest BCUT2D eigenvalue weighted by Gasteiger charge is 2.50. The number of benzene rings is 3. The highest BCUT2D eigenvalue weighted by Crippen LogP contribution is 2.49. The van der Waals surface area contributed by atoms with Crippen molar-refractivity contribution < 1.29 is 22.8 Å². The standard InChI is InChI=1S/C31H28ClF3N2O2/c1-30(2,3)20-14-12-18(13-15-20)19-16-24-27(26(38)17-19)28(21-8-4-5-9-22(21)32)37(29(39)31(33,34)35)25-11-7-6-10-23(25)36-24/h4-15,19,28,36H,16-17H2,1-3H3/t19-,28-/m0/s1. The molecule has 0 saturated carbocycles. The number of ketones is 1. The molecular weight excluding hydrogens is 525 g/mol. The number of anilines is 2. The summed E-state index contributed by atoms with van der Waals surface area (Å²) in [6.07, 6.45) is -4.69. The van der Waals surface area contributed by atoms with Crippen LogP contribution in [0.25, 0.3) is 0 Å². The Hall–Kier alpha value is -3.58. The Balaban J connectivity index is 1.68. The summed E-state index contributed by atoms with van der Waals surface area (Å²) in [7, 11) is 0. The van der Waals surface area contributed by atoms with Crippen LogP contribution in [-0.2, 0) is 15.0 Å². The molecular formula is C31H28ClF3N2O2. The lowest BCUT2D eigenvalue weighted by atomic mass is 9.77.